The van der Waals surface area contributed by atoms with Crippen molar-refractivity contribution in [1.29, 1.82) is 0 Å². The number of rotatable bonds is 8. The maximum Gasteiger partial charge on any atom is 0.387 e. The molecule has 0 radical (unpaired) electrons. The molecule has 10 heteroatoms. The number of carbonyl (C=O) groups is 1. The minimum Gasteiger partial charge on any atom is -0.435 e. The third-order valence-electron chi connectivity index (χ3n) is 5.58. The molecule has 184 valence electrons. The second kappa shape index (κ2) is 10.6. The minimum atomic E-state index is -2.84. The fourth-order valence-corrected chi connectivity index (χ4v) is 3.94. The number of alkyl halides is 2. The third-order valence-corrected chi connectivity index (χ3v) is 5.58. The Kier molecular flexibility index (Phi) is 7.40. The second-order valence-corrected chi connectivity index (χ2v) is 8.60. The van der Waals surface area contributed by atoms with Crippen molar-refractivity contribution in [3.05, 3.63) is 71.6 Å². The van der Waals surface area contributed by atoms with Crippen LogP contribution >= 0.6 is 0 Å². The number of carbonyl (C=O) groups excluding carboxylic acids is 1. The molecule has 0 saturated heterocycles. The Balaban J connectivity index is 1.41. The highest BCUT2D eigenvalue weighted by molar-refractivity contribution is 6.45. The van der Waals surface area contributed by atoms with Crippen LogP contribution in [0.25, 0.3) is 0 Å². The van der Waals surface area contributed by atoms with Crippen molar-refractivity contribution < 1.29 is 18.3 Å². The van der Waals surface area contributed by atoms with E-state index in [-0.39, 0.29) is 23.7 Å². The predicted molar refractivity (Wildman–Crippen MR) is 132 cm³/mol. The number of aryl methyl sites for hydroxylation is 1. The average molecular weight is 483 g/mol. The van der Waals surface area contributed by atoms with E-state index in [2.05, 4.69) is 20.4 Å². The Labute approximate surface area is 202 Å². The number of halogens is 2. The van der Waals surface area contributed by atoms with Gasteiger partial charge in [-0.25, -0.2) is 4.99 Å². The van der Waals surface area contributed by atoms with E-state index in [9.17, 15) is 13.6 Å². The van der Waals surface area contributed by atoms with Crippen molar-refractivity contribution >= 4 is 23.3 Å². The lowest BCUT2D eigenvalue weighted by Crippen LogP contribution is -2.36. The molecular weight excluding hydrogens is 454 g/mol. The summed E-state index contributed by atoms with van der Waals surface area (Å²) < 4.78 is 29.1. The number of fused-ring (bicyclic) bond motifs is 1. The smallest absolute Gasteiger partial charge is 0.387 e. The van der Waals surface area contributed by atoms with E-state index in [1.165, 1.54) is 12.1 Å². The standard InChI is InChI=1S/C25H28F2N6O2/c1-15-11-18(5-8-21(15)24(34)30-13-16(2)28)31-22-23-32-19(14-33(23)10-9-29-22)12-17-3-6-20(7-4-17)35-25(26)27/h3-11,16,19,25H,12-14,28H2,1-2H3,(H,29,31)(H,30,34)/t16-,19?/m0/s1. The Hall–Kier alpha value is -3.79. The summed E-state index contributed by atoms with van der Waals surface area (Å²) in [6, 6.07) is 12.0. The number of nitrogens with two attached hydrogens (primary N) is 1. The zero-order chi connectivity index (χ0) is 24.9. The van der Waals surface area contributed by atoms with Gasteiger partial charge in [-0.3, -0.25) is 9.79 Å². The first kappa shape index (κ1) is 24.3. The molecule has 2 aromatic rings. The van der Waals surface area contributed by atoms with Crippen molar-refractivity contribution in [3.8, 4) is 5.75 Å². The van der Waals surface area contributed by atoms with Gasteiger partial charge in [-0.1, -0.05) is 12.1 Å². The van der Waals surface area contributed by atoms with E-state index in [4.69, 9.17) is 10.7 Å². The number of hydrogen-bond acceptors (Lipinski definition) is 7. The van der Waals surface area contributed by atoms with Gasteiger partial charge in [0.2, 0.25) is 0 Å². The van der Waals surface area contributed by atoms with Crippen LogP contribution in [0.3, 0.4) is 0 Å². The average Bonchev–Trinajstić information content (AvgIpc) is 3.22. The van der Waals surface area contributed by atoms with Crippen molar-refractivity contribution in [1.82, 2.24) is 10.2 Å². The monoisotopic (exact) mass is 482 g/mol. The largest absolute Gasteiger partial charge is 0.435 e. The molecule has 2 heterocycles. The van der Waals surface area contributed by atoms with Crippen LogP contribution in [0.4, 0.5) is 14.5 Å². The Morgan fingerprint density at radius 2 is 2.03 bits per heavy atom. The molecule has 2 atom stereocenters. The summed E-state index contributed by atoms with van der Waals surface area (Å²) in [4.78, 5) is 23.7. The van der Waals surface area contributed by atoms with Crippen LogP contribution < -0.4 is 21.1 Å². The van der Waals surface area contributed by atoms with Gasteiger partial charge in [0.15, 0.2) is 11.7 Å². The van der Waals surface area contributed by atoms with Crippen LogP contribution in [0.15, 0.2) is 64.8 Å². The fraction of sp³-hybridized carbons (Fsp3) is 0.320. The van der Waals surface area contributed by atoms with E-state index >= 15 is 0 Å². The summed E-state index contributed by atoms with van der Waals surface area (Å²) in [5, 5.41) is 6.13. The van der Waals surface area contributed by atoms with Crippen LogP contribution in [0, 0.1) is 6.92 Å². The highest BCUT2D eigenvalue weighted by Gasteiger charge is 2.29. The van der Waals surface area contributed by atoms with E-state index in [0.717, 1.165) is 22.6 Å². The molecule has 0 bridgehead atoms. The van der Waals surface area contributed by atoms with Crippen molar-refractivity contribution in [2.45, 2.75) is 39.0 Å². The van der Waals surface area contributed by atoms with Crippen LogP contribution in [0.1, 0.15) is 28.4 Å². The van der Waals surface area contributed by atoms with Gasteiger partial charge >= 0.3 is 6.61 Å². The number of ether oxygens (including phenoxy) is 1. The topological polar surface area (TPSA) is 104 Å². The maximum atomic E-state index is 12.4. The lowest BCUT2D eigenvalue weighted by molar-refractivity contribution is -0.0498. The number of amides is 1. The molecule has 35 heavy (non-hydrogen) atoms. The highest BCUT2D eigenvalue weighted by Crippen LogP contribution is 2.22. The van der Waals surface area contributed by atoms with Crippen LogP contribution in [-0.4, -0.2) is 54.3 Å². The minimum absolute atomic E-state index is 0.0145. The Bertz CT molecular complexity index is 1160. The number of benzene rings is 2. The van der Waals surface area contributed by atoms with E-state index in [1.54, 1.807) is 24.4 Å². The number of nitrogens with zero attached hydrogens (tertiary/aromatic N) is 3. The molecule has 0 aliphatic carbocycles. The Morgan fingerprint density at radius 3 is 2.71 bits per heavy atom. The summed E-state index contributed by atoms with van der Waals surface area (Å²) >= 11 is 0. The summed E-state index contributed by atoms with van der Waals surface area (Å²) in [5.41, 5.74) is 8.90. The first-order valence-corrected chi connectivity index (χ1v) is 11.3. The highest BCUT2D eigenvalue weighted by atomic mass is 19.3. The third kappa shape index (κ3) is 6.21. The van der Waals surface area contributed by atoms with Gasteiger partial charge in [0.05, 0.1) is 6.04 Å². The SMILES string of the molecule is Cc1cc(NC2=NC=CN3CC(Cc4ccc(OC(F)F)cc4)N=C23)ccc1C(=O)NC[C@H](C)N. The van der Waals surface area contributed by atoms with Gasteiger partial charge in [0.25, 0.3) is 5.91 Å². The summed E-state index contributed by atoms with van der Waals surface area (Å²) in [6.45, 7) is 1.96. The van der Waals surface area contributed by atoms with Gasteiger partial charge in [0, 0.05) is 42.8 Å². The summed E-state index contributed by atoms with van der Waals surface area (Å²) in [7, 11) is 0. The molecule has 2 aliphatic heterocycles. The fourth-order valence-electron chi connectivity index (χ4n) is 3.94. The van der Waals surface area contributed by atoms with Gasteiger partial charge in [-0.15, -0.1) is 0 Å². The van der Waals surface area contributed by atoms with Gasteiger partial charge < -0.3 is 26.0 Å². The zero-order valence-electron chi connectivity index (χ0n) is 19.5. The predicted octanol–water partition coefficient (Wildman–Crippen LogP) is 3.29. The van der Waals surface area contributed by atoms with Crippen LogP contribution in [0.5, 0.6) is 5.75 Å². The molecule has 0 spiro atoms. The number of hydrogen-bond donors (Lipinski definition) is 3. The van der Waals surface area contributed by atoms with E-state index < -0.39 is 6.61 Å². The van der Waals surface area contributed by atoms with Crippen molar-refractivity contribution in [2.24, 2.45) is 15.7 Å². The molecule has 1 amide bonds. The first-order valence-electron chi connectivity index (χ1n) is 11.3. The molecule has 2 aliphatic rings. The van der Waals surface area contributed by atoms with E-state index in [1.807, 2.05) is 37.1 Å². The second-order valence-electron chi connectivity index (χ2n) is 8.60. The van der Waals surface area contributed by atoms with Crippen LogP contribution in [-0.2, 0) is 6.42 Å². The maximum absolute atomic E-state index is 12.4. The lowest BCUT2D eigenvalue weighted by atomic mass is 10.1. The summed E-state index contributed by atoms with van der Waals surface area (Å²) in [5.74, 6) is 1.32. The zero-order valence-corrected chi connectivity index (χ0v) is 19.5. The molecule has 0 fully saturated rings. The molecule has 4 N–H and O–H groups in total. The van der Waals surface area contributed by atoms with Gasteiger partial charge in [-0.05, 0) is 61.7 Å². The van der Waals surface area contributed by atoms with Crippen molar-refractivity contribution in [3.63, 3.8) is 0 Å². The number of anilines is 1. The molecule has 0 saturated carbocycles. The quantitative estimate of drug-likeness (QED) is 0.536. The van der Waals surface area contributed by atoms with E-state index in [0.29, 0.717) is 30.9 Å². The molecular formula is C25H28F2N6O2. The summed E-state index contributed by atoms with van der Waals surface area (Å²) in [6.07, 6.45) is 4.24. The number of nitrogens with one attached hydrogen (secondary N) is 2. The number of amidine groups is 2. The normalized spacial score (nSPS) is 17.5. The molecule has 1 unspecified atom stereocenters. The Morgan fingerprint density at radius 1 is 1.26 bits per heavy atom. The van der Waals surface area contributed by atoms with Crippen molar-refractivity contribution in [2.75, 3.05) is 18.4 Å². The molecule has 0 aromatic heterocycles. The van der Waals surface area contributed by atoms with Gasteiger partial charge in [-0.2, -0.15) is 8.78 Å². The molecule has 4 rings (SSSR count). The van der Waals surface area contributed by atoms with Crippen LogP contribution in [0.2, 0.25) is 0 Å². The first-order chi connectivity index (χ1) is 16.8. The molecule has 2 aromatic carbocycles. The molecule has 8 nitrogen and oxygen atoms in total. The number of aliphatic imine (C=N–C) groups is 2. The van der Waals surface area contributed by atoms with Gasteiger partial charge in [0.1, 0.15) is 5.75 Å². The lowest BCUT2D eigenvalue weighted by Gasteiger charge is -2.21.